The van der Waals surface area contributed by atoms with E-state index < -0.39 is 0 Å². The lowest BCUT2D eigenvalue weighted by Crippen LogP contribution is -2.14. The quantitative estimate of drug-likeness (QED) is 0.319. The summed E-state index contributed by atoms with van der Waals surface area (Å²) in [5, 5.41) is 13.5. The maximum absolute atomic E-state index is 12.1. The van der Waals surface area contributed by atoms with Crippen molar-refractivity contribution < 1.29 is 9.53 Å². The van der Waals surface area contributed by atoms with Gasteiger partial charge >= 0.3 is 0 Å². The smallest absolute Gasteiger partial charge is 0.234 e. The van der Waals surface area contributed by atoms with Crippen molar-refractivity contribution in [3.8, 4) is 5.75 Å². The molecule has 0 unspecified atom stereocenters. The number of amides is 1. The Morgan fingerprint density at radius 2 is 1.93 bits per heavy atom. The van der Waals surface area contributed by atoms with E-state index in [2.05, 4.69) is 15.5 Å². The lowest BCUT2D eigenvalue weighted by Gasteiger charge is -2.08. The first-order valence-electron chi connectivity index (χ1n) is 9.06. The number of aromatic nitrogens is 3. The van der Waals surface area contributed by atoms with Crippen LogP contribution in [0.4, 0.5) is 5.69 Å². The van der Waals surface area contributed by atoms with E-state index in [1.54, 1.807) is 42.5 Å². The molecule has 0 bridgehead atoms. The first-order valence-corrected chi connectivity index (χ1v) is 11.2. The molecule has 0 atom stereocenters. The number of nitrogens with one attached hydrogen (secondary N) is 1. The molecule has 1 amide bonds. The number of rotatable bonds is 9. The van der Waals surface area contributed by atoms with Gasteiger partial charge in [0.15, 0.2) is 5.16 Å². The molecule has 10 heteroatoms. The molecule has 3 rings (SSSR count). The SMILES string of the molecule is Cn1c(CCCOc2ccc(Cl)cc2Cl)nnc1SCC(=O)Nc1cccc(Cl)c1. The molecule has 0 aliphatic carbocycles. The van der Waals surface area contributed by atoms with Gasteiger partial charge in [-0.25, -0.2) is 0 Å². The van der Waals surface area contributed by atoms with E-state index >= 15 is 0 Å². The van der Waals surface area contributed by atoms with Crippen molar-refractivity contribution in [2.75, 3.05) is 17.7 Å². The van der Waals surface area contributed by atoms with Gasteiger partial charge in [-0.2, -0.15) is 0 Å². The summed E-state index contributed by atoms with van der Waals surface area (Å²) >= 11 is 19.2. The molecule has 0 spiro atoms. The molecule has 0 aliphatic heterocycles. The summed E-state index contributed by atoms with van der Waals surface area (Å²) in [6.07, 6.45) is 1.43. The normalized spacial score (nSPS) is 10.8. The summed E-state index contributed by atoms with van der Waals surface area (Å²) in [6.45, 7) is 0.485. The number of benzene rings is 2. The van der Waals surface area contributed by atoms with Crippen molar-refractivity contribution >= 4 is 58.2 Å². The van der Waals surface area contributed by atoms with Crippen LogP contribution in [0.15, 0.2) is 47.6 Å². The van der Waals surface area contributed by atoms with Crippen LogP contribution in [-0.4, -0.2) is 33.0 Å². The number of aryl methyl sites for hydroxylation is 1. The van der Waals surface area contributed by atoms with Crippen molar-refractivity contribution in [3.05, 3.63) is 63.4 Å². The number of anilines is 1. The number of hydrogen-bond acceptors (Lipinski definition) is 5. The molecule has 0 saturated heterocycles. The first-order chi connectivity index (χ1) is 14.4. The van der Waals surface area contributed by atoms with Crippen LogP contribution in [0.3, 0.4) is 0 Å². The first kappa shape index (κ1) is 22.7. The van der Waals surface area contributed by atoms with E-state index in [9.17, 15) is 4.79 Å². The number of thioether (sulfide) groups is 1. The van der Waals surface area contributed by atoms with Crippen molar-refractivity contribution in [1.29, 1.82) is 0 Å². The van der Waals surface area contributed by atoms with Crippen molar-refractivity contribution in [2.45, 2.75) is 18.0 Å². The van der Waals surface area contributed by atoms with E-state index in [1.165, 1.54) is 11.8 Å². The van der Waals surface area contributed by atoms with Crippen molar-refractivity contribution in [3.63, 3.8) is 0 Å². The maximum Gasteiger partial charge on any atom is 0.234 e. The van der Waals surface area contributed by atoms with Crippen LogP contribution in [-0.2, 0) is 18.3 Å². The number of nitrogens with zero attached hydrogens (tertiary/aromatic N) is 3. The fourth-order valence-corrected chi connectivity index (χ4v) is 3.97. The molecule has 1 heterocycles. The van der Waals surface area contributed by atoms with Gasteiger partial charge in [-0.1, -0.05) is 52.6 Å². The summed E-state index contributed by atoms with van der Waals surface area (Å²) in [5.74, 6) is 1.50. The Balaban J connectivity index is 1.44. The number of halogens is 3. The minimum absolute atomic E-state index is 0.139. The van der Waals surface area contributed by atoms with Gasteiger partial charge in [-0.05, 0) is 42.8 Å². The van der Waals surface area contributed by atoms with Crippen LogP contribution >= 0.6 is 46.6 Å². The number of carbonyl (C=O) groups excluding carboxylic acids is 1. The van der Waals surface area contributed by atoms with E-state index in [4.69, 9.17) is 39.5 Å². The third kappa shape index (κ3) is 6.54. The lowest BCUT2D eigenvalue weighted by molar-refractivity contribution is -0.113. The minimum atomic E-state index is -0.139. The second kappa shape index (κ2) is 10.9. The van der Waals surface area contributed by atoms with Gasteiger partial charge in [-0.15, -0.1) is 10.2 Å². The van der Waals surface area contributed by atoms with Gasteiger partial charge in [0.2, 0.25) is 5.91 Å². The summed E-state index contributed by atoms with van der Waals surface area (Å²) in [5.41, 5.74) is 0.660. The van der Waals surface area contributed by atoms with Crippen LogP contribution in [0, 0.1) is 0 Å². The third-order valence-electron chi connectivity index (χ3n) is 4.06. The zero-order chi connectivity index (χ0) is 21.5. The van der Waals surface area contributed by atoms with Crippen LogP contribution in [0.25, 0.3) is 0 Å². The molecular formula is C20H19Cl3N4O2S. The highest BCUT2D eigenvalue weighted by Gasteiger charge is 2.12. The molecule has 158 valence electrons. The Hall–Kier alpha value is -1.93. The summed E-state index contributed by atoms with van der Waals surface area (Å²) < 4.78 is 7.57. The van der Waals surface area contributed by atoms with E-state index in [-0.39, 0.29) is 11.7 Å². The standard InChI is InChI=1S/C20H19Cl3N4O2S/c1-27-18(6-3-9-29-17-8-7-14(22)11-16(17)23)25-26-20(27)30-12-19(28)24-15-5-2-4-13(21)10-15/h2,4-5,7-8,10-11H,3,6,9,12H2,1H3,(H,24,28). The fourth-order valence-electron chi connectivity index (χ4n) is 2.59. The molecule has 0 radical (unpaired) electrons. The third-order valence-corrected chi connectivity index (χ3v) is 5.85. The Bertz CT molecular complexity index is 1030. The molecule has 1 aromatic heterocycles. The highest BCUT2D eigenvalue weighted by atomic mass is 35.5. The summed E-state index contributed by atoms with van der Waals surface area (Å²) in [7, 11) is 1.88. The molecule has 3 aromatic rings. The Morgan fingerprint density at radius 3 is 2.70 bits per heavy atom. The molecule has 30 heavy (non-hydrogen) atoms. The second-order valence-electron chi connectivity index (χ2n) is 6.33. The van der Waals surface area contributed by atoms with Gasteiger partial charge in [0.05, 0.1) is 17.4 Å². The number of ether oxygens (including phenoxy) is 1. The Labute approximate surface area is 193 Å². The van der Waals surface area contributed by atoms with Crippen molar-refractivity contribution in [1.82, 2.24) is 14.8 Å². The highest BCUT2D eigenvalue weighted by Crippen LogP contribution is 2.27. The zero-order valence-electron chi connectivity index (χ0n) is 16.1. The number of hydrogen-bond donors (Lipinski definition) is 1. The van der Waals surface area contributed by atoms with Gasteiger partial charge in [0, 0.05) is 29.2 Å². The van der Waals surface area contributed by atoms with Crippen LogP contribution < -0.4 is 10.1 Å². The van der Waals surface area contributed by atoms with Crippen LogP contribution in [0.1, 0.15) is 12.2 Å². The van der Waals surface area contributed by atoms with Gasteiger partial charge in [-0.3, -0.25) is 4.79 Å². The topological polar surface area (TPSA) is 69.0 Å². The predicted molar refractivity (Wildman–Crippen MR) is 122 cm³/mol. The Kier molecular flexibility index (Phi) is 8.27. The van der Waals surface area contributed by atoms with Crippen molar-refractivity contribution in [2.24, 2.45) is 7.05 Å². The zero-order valence-corrected chi connectivity index (χ0v) is 19.2. The van der Waals surface area contributed by atoms with E-state index in [0.717, 1.165) is 12.2 Å². The molecule has 0 fully saturated rings. The van der Waals surface area contributed by atoms with Crippen LogP contribution in [0.5, 0.6) is 5.75 Å². The molecule has 1 N–H and O–H groups in total. The van der Waals surface area contributed by atoms with Gasteiger partial charge in [0.25, 0.3) is 0 Å². The summed E-state index contributed by atoms with van der Waals surface area (Å²) in [4.78, 5) is 12.1. The average molecular weight is 486 g/mol. The highest BCUT2D eigenvalue weighted by molar-refractivity contribution is 7.99. The van der Waals surface area contributed by atoms with Gasteiger partial charge in [0.1, 0.15) is 11.6 Å². The summed E-state index contributed by atoms with van der Waals surface area (Å²) in [6, 6.07) is 12.1. The van der Waals surface area contributed by atoms with E-state index in [0.29, 0.717) is 44.7 Å². The largest absolute Gasteiger partial charge is 0.492 e. The average Bonchev–Trinajstić information content (AvgIpc) is 3.04. The molecule has 6 nitrogen and oxygen atoms in total. The van der Waals surface area contributed by atoms with E-state index in [1.807, 2.05) is 11.6 Å². The fraction of sp³-hybridized carbons (Fsp3) is 0.250. The Morgan fingerprint density at radius 1 is 1.13 bits per heavy atom. The van der Waals surface area contributed by atoms with Gasteiger partial charge < -0.3 is 14.6 Å². The maximum atomic E-state index is 12.1. The molecule has 0 saturated carbocycles. The lowest BCUT2D eigenvalue weighted by atomic mass is 10.3. The molecular weight excluding hydrogens is 467 g/mol. The second-order valence-corrected chi connectivity index (χ2v) is 8.55. The number of carbonyl (C=O) groups is 1. The molecule has 2 aromatic carbocycles. The minimum Gasteiger partial charge on any atom is -0.492 e. The predicted octanol–water partition coefficient (Wildman–Crippen LogP) is 5.52. The monoisotopic (exact) mass is 484 g/mol. The van der Waals surface area contributed by atoms with Crippen LogP contribution in [0.2, 0.25) is 15.1 Å². The molecule has 0 aliphatic rings.